The Morgan fingerprint density at radius 3 is 2.38 bits per heavy atom. The lowest BCUT2D eigenvalue weighted by atomic mass is 10.1. The molecule has 16 heavy (non-hydrogen) atoms. The molecule has 1 rings (SSSR count). The Balaban J connectivity index is 3.18. The molecule has 0 unspecified atom stereocenters. The van der Waals surface area contributed by atoms with E-state index in [1.54, 1.807) is 18.2 Å². The van der Waals surface area contributed by atoms with Crippen molar-refractivity contribution in [3.8, 4) is 11.5 Å². The number of methoxy groups -OCH3 is 3. The van der Waals surface area contributed by atoms with Crippen LogP contribution in [0.15, 0.2) is 18.2 Å². The first-order valence-corrected chi connectivity index (χ1v) is 4.53. The number of carbonyl (C=O) groups excluding carboxylic acids is 1. The largest absolute Gasteiger partial charge is 0.497 e. The quantitative estimate of drug-likeness (QED) is 0.616. The molecule has 0 atom stereocenters. The highest BCUT2D eigenvalue weighted by molar-refractivity contribution is 6.42. The summed E-state index contributed by atoms with van der Waals surface area (Å²) in [4.78, 5) is 11.2. The first kappa shape index (κ1) is 12.0. The monoisotopic (exact) mass is 223 g/mol. The van der Waals surface area contributed by atoms with Gasteiger partial charge in [0.2, 0.25) is 0 Å². The molecule has 86 valence electrons. The van der Waals surface area contributed by atoms with E-state index in [2.05, 4.69) is 4.74 Å². The molecule has 0 saturated carbocycles. The van der Waals surface area contributed by atoms with E-state index < -0.39 is 5.97 Å². The van der Waals surface area contributed by atoms with E-state index in [1.807, 2.05) is 0 Å². The first-order chi connectivity index (χ1) is 7.63. The Labute approximate surface area is 93.4 Å². The molecule has 0 heterocycles. The minimum atomic E-state index is -0.716. The maximum atomic E-state index is 11.2. The Bertz CT molecular complexity index is 414. The molecule has 5 heteroatoms. The number of hydrogen-bond acceptors (Lipinski definition) is 5. The number of nitrogens with one attached hydrogen (secondary N) is 1. The zero-order chi connectivity index (χ0) is 12.1. The van der Waals surface area contributed by atoms with Crippen molar-refractivity contribution in [3.63, 3.8) is 0 Å². The van der Waals surface area contributed by atoms with Gasteiger partial charge in [-0.15, -0.1) is 0 Å². The molecular formula is C11H13NO4. The minimum Gasteiger partial charge on any atom is -0.497 e. The van der Waals surface area contributed by atoms with Crippen LogP contribution in [0.2, 0.25) is 0 Å². The summed E-state index contributed by atoms with van der Waals surface area (Å²) in [5, 5.41) is 7.64. The van der Waals surface area contributed by atoms with E-state index in [9.17, 15) is 4.79 Å². The van der Waals surface area contributed by atoms with E-state index in [0.29, 0.717) is 17.1 Å². The van der Waals surface area contributed by atoms with E-state index >= 15 is 0 Å². The molecule has 0 aliphatic heterocycles. The van der Waals surface area contributed by atoms with Gasteiger partial charge in [-0.25, -0.2) is 4.79 Å². The third-order valence-electron chi connectivity index (χ3n) is 2.07. The van der Waals surface area contributed by atoms with E-state index in [1.165, 1.54) is 21.3 Å². The first-order valence-electron chi connectivity index (χ1n) is 4.53. The number of carbonyl (C=O) groups is 1. The molecule has 0 radical (unpaired) electrons. The minimum absolute atomic E-state index is 0.266. The van der Waals surface area contributed by atoms with Crippen LogP contribution in [-0.2, 0) is 9.53 Å². The van der Waals surface area contributed by atoms with Crippen LogP contribution < -0.4 is 9.47 Å². The fourth-order valence-electron chi connectivity index (χ4n) is 1.22. The van der Waals surface area contributed by atoms with Gasteiger partial charge in [0.05, 0.1) is 26.9 Å². The molecule has 1 N–H and O–H groups in total. The number of ether oxygens (including phenoxy) is 3. The van der Waals surface area contributed by atoms with Gasteiger partial charge in [-0.2, -0.15) is 0 Å². The summed E-state index contributed by atoms with van der Waals surface area (Å²) in [5.41, 5.74) is 0.0759. The SMILES string of the molecule is COC(=O)C(=N)c1cc(OC)ccc1OC. The molecular weight excluding hydrogens is 210 g/mol. The summed E-state index contributed by atoms with van der Waals surface area (Å²) in [7, 11) is 4.20. The smallest absolute Gasteiger partial charge is 0.356 e. The van der Waals surface area contributed by atoms with Crippen LogP contribution in [-0.4, -0.2) is 33.0 Å². The third-order valence-corrected chi connectivity index (χ3v) is 2.07. The van der Waals surface area contributed by atoms with Crippen molar-refractivity contribution in [2.45, 2.75) is 0 Å². The zero-order valence-electron chi connectivity index (χ0n) is 9.37. The Hall–Kier alpha value is -2.04. The second kappa shape index (κ2) is 5.16. The van der Waals surface area contributed by atoms with Crippen molar-refractivity contribution in [1.29, 1.82) is 5.41 Å². The fraction of sp³-hybridized carbons (Fsp3) is 0.273. The molecule has 1 aromatic carbocycles. The molecule has 0 aliphatic carbocycles. The van der Waals surface area contributed by atoms with Crippen molar-refractivity contribution < 1.29 is 19.0 Å². The van der Waals surface area contributed by atoms with Gasteiger partial charge in [-0.05, 0) is 18.2 Å². The van der Waals surface area contributed by atoms with Crippen LogP contribution in [0.1, 0.15) is 5.56 Å². The number of rotatable bonds is 4. The summed E-state index contributed by atoms with van der Waals surface area (Å²) in [6.45, 7) is 0. The molecule has 0 bridgehead atoms. The average molecular weight is 223 g/mol. The van der Waals surface area contributed by atoms with Crippen LogP contribution in [0, 0.1) is 5.41 Å². The molecule has 5 nitrogen and oxygen atoms in total. The van der Waals surface area contributed by atoms with Gasteiger partial charge >= 0.3 is 5.97 Å². The van der Waals surface area contributed by atoms with Gasteiger partial charge in [0.1, 0.15) is 11.5 Å². The Morgan fingerprint density at radius 2 is 1.88 bits per heavy atom. The van der Waals surface area contributed by atoms with Crippen LogP contribution in [0.3, 0.4) is 0 Å². The summed E-state index contributed by atoms with van der Waals surface area (Å²) < 4.78 is 14.5. The number of esters is 1. The highest BCUT2D eigenvalue weighted by atomic mass is 16.5. The van der Waals surface area contributed by atoms with E-state index in [4.69, 9.17) is 14.9 Å². The lowest BCUT2D eigenvalue weighted by Gasteiger charge is -2.09. The van der Waals surface area contributed by atoms with Crippen molar-refractivity contribution in [2.24, 2.45) is 0 Å². The summed E-state index contributed by atoms with van der Waals surface area (Å²) in [5.74, 6) is 0.257. The van der Waals surface area contributed by atoms with Gasteiger partial charge in [0.25, 0.3) is 0 Å². The average Bonchev–Trinajstić information content (AvgIpc) is 2.35. The zero-order valence-corrected chi connectivity index (χ0v) is 9.37. The van der Waals surface area contributed by atoms with Crippen molar-refractivity contribution in [2.75, 3.05) is 21.3 Å². The maximum Gasteiger partial charge on any atom is 0.356 e. The summed E-state index contributed by atoms with van der Waals surface area (Å²) >= 11 is 0. The molecule has 0 fully saturated rings. The van der Waals surface area contributed by atoms with Crippen LogP contribution in [0.4, 0.5) is 0 Å². The predicted molar refractivity (Wildman–Crippen MR) is 58.4 cm³/mol. The van der Waals surface area contributed by atoms with Crippen molar-refractivity contribution >= 4 is 11.7 Å². The Morgan fingerprint density at radius 1 is 1.19 bits per heavy atom. The lowest BCUT2D eigenvalue weighted by molar-refractivity contribution is -0.132. The number of hydrogen-bond donors (Lipinski definition) is 1. The summed E-state index contributed by atoms with van der Waals surface area (Å²) in [6, 6.07) is 4.87. The van der Waals surface area contributed by atoms with Crippen LogP contribution in [0.5, 0.6) is 11.5 Å². The molecule has 1 aromatic rings. The molecule has 0 amide bonds. The highest BCUT2D eigenvalue weighted by Gasteiger charge is 2.17. The molecule has 0 aliphatic rings. The maximum absolute atomic E-state index is 11.2. The second-order valence-electron chi connectivity index (χ2n) is 2.93. The van der Waals surface area contributed by atoms with Gasteiger partial charge < -0.3 is 14.2 Å². The van der Waals surface area contributed by atoms with E-state index in [-0.39, 0.29) is 5.71 Å². The van der Waals surface area contributed by atoms with E-state index in [0.717, 1.165) is 0 Å². The van der Waals surface area contributed by atoms with Crippen LogP contribution in [0.25, 0.3) is 0 Å². The fourth-order valence-corrected chi connectivity index (χ4v) is 1.22. The normalized spacial score (nSPS) is 9.44. The van der Waals surface area contributed by atoms with Crippen molar-refractivity contribution in [1.82, 2.24) is 0 Å². The molecule has 0 saturated heterocycles. The van der Waals surface area contributed by atoms with Gasteiger partial charge in [-0.3, -0.25) is 5.41 Å². The highest BCUT2D eigenvalue weighted by Crippen LogP contribution is 2.24. The molecule has 0 aromatic heterocycles. The Kier molecular flexibility index (Phi) is 3.88. The summed E-state index contributed by atoms with van der Waals surface area (Å²) in [6.07, 6.45) is 0. The number of benzene rings is 1. The van der Waals surface area contributed by atoms with Gasteiger partial charge in [0, 0.05) is 0 Å². The lowest BCUT2D eigenvalue weighted by Crippen LogP contribution is -2.16. The third kappa shape index (κ3) is 2.31. The van der Waals surface area contributed by atoms with Gasteiger partial charge in [-0.1, -0.05) is 0 Å². The van der Waals surface area contributed by atoms with Gasteiger partial charge in [0.15, 0.2) is 5.71 Å². The topological polar surface area (TPSA) is 68.6 Å². The predicted octanol–water partition coefficient (Wildman–Crippen LogP) is 1.24. The van der Waals surface area contributed by atoms with Crippen LogP contribution >= 0.6 is 0 Å². The van der Waals surface area contributed by atoms with Crippen molar-refractivity contribution in [3.05, 3.63) is 23.8 Å². The standard InChI is InChI=1S/C11H13NO4/c1-14-7-4-5-9(15-2)8(6-7)10(12)11(13)16-3/h4-6,12H,1-3H3. The molecule has 0 spiro atoms. The second-order valence-corrected chi connectivity index (χ2v) is 2.93.